The summed E-state index contributed by atoms with van der Waals surface area (Å²) in [5.41, 5.74) is 0. The summed E-state index contributed by atoms with van der Waals surface area (Å²) >= 11 is 0. The van der Waals surface area contributed by atoms with Crippen LogP contribution in [0.1, 0.15) is 57.8 Å². The van der Waals surface area contributed by atoms with E-state index in [1.54, 1.807) is 6.26 Å². The number of hydrogen-bond donors (Lipinski definition) is 2. The molecule has 1 aromatic heterocycles. The molecule has 19 heavy (non-hydrogen) atoms. The van der Waals surface area contributed by atoms with E-state index in [2.05, 4.69) is 10.6 Å². The minimum Gasteiger partial charge on any atom is -0.468 e. The van der Waals surface area contributed by atoms with Gasteiger partial charge in [-0.05, 0) is 38.8 Å². The number of carbonyl (C=O) groups is 1. The molecule has 0 aliphatic heterocycles. The van der Waals surface area contributed by atoms with E-state index >= 15 is 0 Å². The SMILES string of the molecule is C[C@@H](N[C@H](C)c1ccco1)C(=O)NC1CCCCC1. The molecule has 2 rings (SSSR count). The lowest BCUT2D eigenvalue weighted by Gasteiger charge is -2.25. The van der Waals surface area contributed by atoms with Gasteiger partial charge in [-0.2, -0.15) is 0 Å². The van der Waals surface area contributed by atoms with Gasteiger partial charge < -0.3 is 9.73 Å². The standard InChI is InChI=1S/C15H24N2O2/c1-11(14-9-6-10-19-14)16-12(2)15(18)17-13-7-4-3-5-8-13/h6,9-13,16H,3-5,7-8H2,1-2H3,(H,17,18)/t11-,12-/m1/s1. The Kier molecular flexibility index (Phi) is 5.02. The number of furan rings is 1. The van der Waals surface area contributed by atoms with Crippen LogP contribution in [0, 0.1) is 0 Å². The van der Waals surface area contributed by atoms with Gasteiger partial charge in [0.15, 0.2) is 0 Å². The van der Waals surface area contributed by atoms with Gasteiger partial charge in [0.05, 0.1) is 18.3 Å². The molecule has 1 fully saturated rings. The molecule has 1 heterocycles. The minimum absolute atomic E-state index is 0.0436. The van der Waals surface area contributed by atoms with Crippen LogP contribution in [0.15, 0.2) is 22.8 Å². The molecule has 1 aliphatic carbocycles. The maximum atomic E-state index is 12.1. The normalized spacial score (nSPS) is 19.9. The largest absolute Gasteiger partial charge is 0.468 e. The van der Waals surface area contributed by atoms with E-state index in [9.17, 15) is 4.79 Å². The molecule has 2 atom stereocenters. The van der Waals surface area contributed by atoms with Gasteiger partial charge in [0.25, 0.3) is 0 Å². The van der Waals surface area contributed by atoms with E-state index in [1.807, 2.05) is 26.0 Å². The lowest BCUT2D eigenvalue weighted by atomic mass is 9.95. The average Bonchev–Trinajstić information content (AvgIpc) is 2.93. The maximum Gasteiger partial charge on any atom is 0.237 e. The van der Waals surface area contributed by atoms with Gasteiger partial charge in [-0.25, -0.2) is 0 Å². The number of hydrogen-bond acceptors (Lipinski definition) is 3. The van der Waals surface area contributed by atoms with Crippen molar-refractivity contribution in [3.8, 4) is 0 Å². The van der Waals surface area contributed by atoms with Crippen LogP contribution in [-0.2, 0) is 4.79 Å². The first kappa shape index (κ1) is 14.1. The van der Waals surface area contributed by atoms with Gasteiger partial charge in [0, 0.05) is 6.04 Å². The van der Waals surface area contributed by atoms with Crippen molar-refractivity contribution in [1.29, 1.82) is 0 Å². The molecule has 1 saturated carbocycles. The van der Waals surface area contributed by atoms with E-state index in [0.717, 1.165) is 18.6 Å². The van der Waals surface area contributed by atoms with Crippen LogP contribution in [0.4, 0.5) is 0 Å². The average molecular weight is 264 g/mol. The van der Waals surface area contributed by atoms with Crippen molar-refractivity contribution in [2.75, 3.05) is 0 Å². The summed E-state index contributed by atoms with van der Waals surface area (Å²) in [6.07, 6.45) is 7.65. The minimum atomic E-state index is -0.206. The van der Waals surface area contributed by atoms with Crippen LogP contribution in [0.2, 0.25) is 0 Å². The Labute approximate surface area is 114 Å². The quantitative estimate of drug-likeness (QED) is 0.860. The van der Waals surface area contributed by atoms with Crippen LogP contribution in [0.3, 0.4) is 0 Å². The molecule has 1 aromatic rings. The molecule has 2 N–H and O–H groups in total. The molecule has 0 unspecified atom stereocenters. The van der Waals surface area contributed by atoms with Crippen molar-refractivity contribution >= 4 is 5.91 Å². The van der Waals surface area contributed by atoms with Gasteiger partial charge in [0.2, 0.25) is 5.91 Å². The zero-order chi connectivity index (χ0) is 13.7. The second kappa shape index (κ2) is 6.75. The molecular formula is C15H24N2O2. The second-order valence-corrected chi connectivity index (χ2v) is 5.47. The summed E-state index contributed by atoms with van der Waals surface area (Å²) in [7, 11) is 0. The van der Waals surface area contributed by atoms with Crippen molar-refractivity contribution in [2.45, 2.75) is 64.1 Å². The maximum absolute atomic E-state index is 12.1. The van der Waals surface area contributed by atoms with Crippen molar-refractivity contribution in [2.24, 2.45) is 0 Å². The summed E-state index contributed by atoms with van der Waals surface area (Å²) in [4.78, 5) is 12.1. The zero-order valence-electron chi connectivity index (χ0n) is 11.8. The van der Waals surface area contributed by atoms with Crippen molar-refractivity contribution < 1.29 is 9.21 Å². The highest BCUT2D eigenvalue weighted by molar-refractivity contribution is 5.81. The van der Waals surface area contributed by atoms with Crippen molar-refractivity contribution in [3.63, 3.8) is 0 Å². The first-order valence-corrected chi connectivity index (χ1v) is 7.26. The van der Waals surface area contributed by atoms with Gasteiger partial charge in [-0.1, -0.05) is 19.3 Å². The van der Waals surface area contributed by atoms with E-state index in [4.69, 9.17) is 4.42 Å². The fraction of sp³-hybridized carbons (Fsp3) is 0.667. The topological polar surface area (TPSA) is 54.3 Å². The molecule has 1 amide bonds. The number of nitrogens with one attached hydrogen (secondary N) is 2. The van der Waals surface area contributed by atoms with Crippen LogP contribution >= 0.6 is 0 Å². The molecule has 4 nitrogen and oxygen atoms in total. The Morgan fingerprint density at radius 2 is 2.05 bits per heavy atom. The second-order valence-electron chi connectivity index (χ2n) is 5.47. The highest BCUT2D eigenvalue weighted by Gasteiger charge is 2.21. The van der Waals surface area contributed by atoms with Crippen molar-refractivity contribution in [3.05, 3.63) is 24.2 Å². The number of carbonyl (C=O) groups excluding carboxylic acids is 1. The van der Waals surface area contributed by atoms with Gasteiger partial charge in [0.1, 0.15) is 5.76 Å². The number of amides is 1. The summed E-state index contributed by atoms with van der Waals surface area (Å²) in [6, 6.07) is 3.98. The molecule has 1 aliphatic rings. The molecule has 0 saturated heterocycles. The van der Waals surface area contributed by atoms with Gasteiger partial charge in [-0.15, -0.1) is 0 Å². The Morgan fingerprint density at radius 3 is 2.68 bits per heavy atom. The van der Waals surface area contributed by atoms with Crippen LogP contribution in [0.25, 0.3) is 0 Å². The van der Waals surface area contributed by atoms with Crippen LogP contribution in [0.5, 0.6) is 0 Å². The predicted molar refractivity (Wildman–Crippen MR) is 74.7 cm³/mol. The smallest absolute Gasteiger partial charge is 0.237 e. The Balaban J connectivity index is 1.78. The molecule has 0 bridgehead atoms. The zero-order valence-corrected chi connectivity index (χ0v) is 11.8. The summed E-state index contributed by atoms with van der Waals surface area (Å²) in [6.45, 7) is 3.90. The molecule has 0 aromatic carbocycles. The first-order chi connectivity index (χ1) is 9.16. The van der Waals surface area contributed by atoms with Gasteiger partial charge in [-0.3, -0.25) is 10.1 Å². The monoisotopic (exact) mass is 264 g/mol. The molecule has 0 spiro atoms. The first-order valence-electron chi connectivity index (χ1n) is 7.26. The van der Waals surface area contributed by atoms with Crippen LogP contribution < -0.4 is 10.6 Å². The van der Waals surface area contributed by atoms with Crippen LogP contribution in [-0.4, -0.2) is 18.0 Å². The fourth-order valence-corrected chi connectivity index (χ4v) is 2.64. The molecule has 0 radical (unpaired) electrons. The Hall–Kier alpha value is -1.29. The third-order valence-electron chi connectivity index (χ3n) is 3.81. The summed E-state index contributed by atoms with van der Waals surface area (Å²) < 4.78 is 5.33. The Bertz CT molecular complexity index is 383. The molecular weight excluding hydrogens is 240 g/mol. The summed E-state index contributed by atoms with van der Waals surface area (Å²) in [5, 5.41) is 6.40. The van der Waals surface area contributed by atoms with E-state index < -0.39 is 0 Å². The highest BCUT2D eigenvalue weighted by Crippen LogP contribution is 2.18. The lowest BCUT2D eigenvalue weighted by Crippen LogP contribution is -2.47. The van der Waals surface area contributed by atoms with E-state index in [-0.39, 0.29) is 18.0 Å². The van der Waals surface area contributed by atoms with E-state index in [1.165, 1.54) is 19.3 Å². The molecule has 4 heteroatoms. The lowest BCUT2D eigenvalue weighted by molar-refractivity contribution is -0.123. The van der Waals surface area contributed by atoms with E-state index in [0.29, 0.717) is 6.04 Å². The molecule has 106 valence electrons. The predicted octanol–water partition coefficient (Wildman–Crippen LogP) is 2.77. The Morgan fingerprint density at radius 1 is 1.32 bits per heavy atom. The number of rotatable bonds is 5. The fourth-order valence-electron chi connectivity index (χ4n) is 2.64. The highest BCUT2D eigenvalue weighted by atomic mass is 16.3. The third kappa shape index (κ3) is 4.10. The summed E-state index contributed by atoms with van der Waals surface area (Å²) in [5.74, 6) is 0.947. The van der Waals surface area contributed by atoms with Gasteiger partial charge >= 0.3 is 0 Å². The third-order valence-corrected chi connectivity index (χ3v) is 3.81. The van der Waals surface area contributed by atoms with Crippen molar-refractivity contribution in [1.82, 2.24) is 10.6 Å².